The molecule has 0 saturated heterocycles. The predicted molar refractivity (Wildman–Crippen MR) is 154 cm³/mol. The number of phenols is 2. The van der Waals surface area contributed by atoms with Gasteiger partial charge >= 0.3 is 0 Å². The van der Waals surface area contributed by atoms with Gasteiger partial charge in [0.25, 0.3) is 0 Å². The lowest BCUT2D eigenvalue weighted by molar-refractivity contribution is 0.0790. The summed E-state index contributed by atoms with van der Waals surface area (Å²) >= 11 is 3.84. The lowest BCUT2D eigenvalue weighted by atomic mass is 9.68. The van der Waals surface area contributed by atoms with Gasteiger partial charge in [-0.25, -0.2) is 0 Å². The fraction of sp³-hybridized carbons (Fsp3) is 0.600. The van der Waals surface area contributed by atoms with Gasteiger partial charge < -0.3 is 19.7 Å². The summed E-state index contributed by atoms with van der Waals surface area (Å²) in [6.07, 6.45) is 10.2. The summed E-state index contributed by atoms with van der Waals surface area (Å²) in [6.45, 7) is 4.57. The van der Waals surface area contributed by atoms with Crippen LogP contribution in [0.25, 0.3) is 0 Å². The fourth-order valence-electron chi connectivity index (χ4n) is 5.11. The molecule has 1 aliphatic heterocycles. The Labute approximate surface area is 226 Å². The molecule has 0 saturated carbocycles. The molecule has 2 aromatic rings. The van der Waals surface area contributed by atoms with Crippen molar-refractivity contribution in [3.8, 4) is 11.5 Å². The molecule has 2 atom stereocenters. The summed E-state index contributed by atoms with van der Waals surface area (Å²) in [5.74, 6) is 4.37. The van der Waals surface area contributed by atoms with E-state index in [1.807, 2.05) is 47.8 Å². The van der Waals surface area contributed by atoms with Gasteiger partial charge in [-0.2, -0.15) is 11.8 Å². The second-order valence-corrected chi connectivity index (χ2v) is 12.3. The quantitative estimate of drug-likeness (QED) is 0.203. The van der Waals surface area contributed by atoms with Gasteiger partial charge in [-0.1, -0.05) is 63.6 Å². The van der Waals surface area contributed by atoms with Gasteiger partial charge in [-0.3, -0.25) is 0 Å². The molecule has 4 nitrogen and oxygen atoms in total. The SMILES string of the molecule is COCCOCCSCCCCCCCCCC1c2ccc(O)cc2SCC1(C)c1ccc(O)cc1. The van der Waals surface area contributed by atoms with Crippen LogP contribution in [0, 0.1) is 0 Å². The molecule has 0 bridgehead atoms. The van der Waals surface area contributed by atoms with Crippen molar-refractivity contribution in [1.29, 1.82) is 0 Å². The lowest BCUT2D eigenvalue weighted by Crippen LogP contribution is -2.36. The van der Waals surface area contributed by atoms with Crippen molar-refractivity contribution in [3.63, 3.8) is 0 Å². The van der Waals surface area contributed by atoms with E-state index < -0.39 is 0 Å². The average molecular weight is 533 g/mol. The van der Waals surface area contributed by atoms with Crippen LogP contribution in [-0.2, 0) is 14.9 Å². The molecule has 36 heavy (non-hydrogen) atoms. The normalized spacial score (nSPS) is 19.3. The summed E-state index contributed by atoms with van der Waals surface area (Å²) in [5.41, 5.74) is 2.66. The van der Waals surface area contributed by atoms with E-state index >= 15 is 0 Å². The van der Waals surface area contributed by atoms with Crippen LogP contribution in [0.4, 0.5) is 0 Å². The van der Waals surface area contributed by atoms with Gasteiger partial charge in [-0.05, 0) is 59.9 Å². The number of unbranched alkanes of at least 4 members (excludes halogenated alkanes) is 6. The van der Waals surface area contributed by atoms with Crippen molar-refractivity contribution in [1.82, 2.24) is 0 Å². The maximum atomic E-state index is 10.0. The number of aromatic hydroxyl groups is 2. The zero-order valence-corrected chi connectivity index (χ0v) is 23.7. The summed E-state index contributed by atoms with van der Waals surface area (Å²) in [4.78, 5) is 1.22. The van der Waals surface area contributed by atoms with Crippen LogP contribution >= 0.6 is 23.5 Å². The van der Waals surface area contributed by atoms with Gasteiger partial charge in [-0.15, -0.1) is 11.8 Å². The van der Waals surface area contributed by atoms with E-state index in [9.17, 15) is 10.2 Å². The first-order chi connectivity index (χ1) is 17.5. The molecule has 1 heterocycles. The van der Waals surface area contributed by atoms with E-state index in [1.165, 1.54) is 66.7 Å². The number of fused-ring (bicyclic) bond motifs is 1. The Morgan fingerprint density at radius 1 is 0.861 bits per heavy atom. The zero-order chi connectivity index (χ0) is 25.6. The molecule has 0 radical (unpaired) electrons. The topological polar surface area (TPSA) is 58.9 Å². The van der Waals surface area contributed by atoms with Gasteiger partial charge in [0.1, 0.15) is 11.5 Å². The van der Waals surface area contributed by atoms with E-state index in [0.717, 1.165) is 24.5 Å². The molecule has 2 unspecified atom stereocenters. The van der Waals surface area contributed by atoms with Crippen LogP contribution in [0.3, 0.4) is 0 Å². The smallest absolute Gasteiger partial charge is 0.116 e. The standard InChI is InChI=1S/C30H44O4S2/c1-30(24-11-13-25(31)14-12-24)23-36-29-22-26(32)15-16-27(29)28(30)10-8-6-4-3-5-7-9-20-35-21-19-34-18-17-33-2/h11-16,22,28,31-32H,3-10,17-21,23H2,1-2H3. The number of hydrogen-bond acceptors (Lipinski definition) is 6. The molecule has 0 aromatic heterocycles. The van der Waals surface area contributed by atoms with Crippen molar-refractivity contribution in [3.05, 3.63) is 53.6 Å². The monoisotopic (exact) mass is 532 g/mol. The van der Waals surface area contributed by atoms with Crippen LogP contribution in [0.2, 0.25) is 0 Å². The van der Waals surface area contributed by atoms with E-state index in [0.29, 0.717) is 30.6 Å². The van der Waals surface area contributed by atoms with Crippen molar-refractivity contribution in [2.45, 2.75) is 74.5 Å². The number of methoxy groups -OCH3 is 1. The maximum Gasteiger partial charge on any atom is 0.116 e. The summed E-state index contributed by atoms with van der Waals surface area (Å²) in [5, 5.41) is 19.8. The molecule has 1 aliphatic rings. The Kier molecular flexibility index (Phi) is 12.8. The Morgan fingerprint density at radius 3 is 2.31 bits per heavy atom. The van der Waals surface area contributed by atoms with E-state index in [-0.39, 0.29) is 5.41 Å². The van der Waals surface area contributed by atoms with Gasteiger partial charge in [0.2, 0.25) is 0 Å². The Balaban J connectivity index is 1.38. The maximum absolute atomic E-state index is 10.0. The van der Waals surface area contributed by atoms with Gasteiger partial charge in [0.05, 0.1) is 19.8 Å². The molecule has 0 spiro atoms. The van der Waals surface area contributed by atoms with Crippen LogP contribution in [0.5, 0.6) is 11.5 Å². The highest BCUT2D eigenvalue weighted by Crippen LogP contribution is 2.52. The first kappa shape index (κ1) is 29.2. The third-order valence-electron chi connectivity index (χ3n) is 7.28. The minimum Gasteiger partial charge on any atom is -0.508 e. The van der Waals surface area contributed by atoms with E-state index in [1.54, 1.807) is 7.11 Å². The fourth-order valence-corrected chi connectivity index (χ4v) is 7.36. The highest BCUT2D eigenvalue weighted by Gasteiger charge is 2.41. The molecule has 6 heteroatoms. The molecule has 2 N–H and O–H groups in total. The van der Waals surface area contributed by atoms with Crippen molar-refractivity contribution in [2.24, 2.45) is 0 Å². The molecule has 0 amide bonds. The number of benzene rings is 2. The number of ether oxygens (including phenoxy) is 2. The average Bonchev–Trinajstić information content (AvgIpc) is 2.88. The van der Waals surface area contributed by atoms with Crippen LogP contribution < -0.4 is 0 Å². The highest BCUT2D eigenvalue weighted by molar-refractivity contribution is 7.99. The molecule has 3 rings (SSSR count). The minimum atomic E-state index is 0.00875. The first-order valence-electron chi connectivity index (χ1n) is 13.4. The molecule has 200 valence electrons. The molecule has 0 aliphatic carbocycles. The Bertz CT molecular complexity index is 889. The molecular formula is C30H44O4S2. The second kappa shape index (κ2) is 15.8. The molecule has 0 fully saturated rings. The Hall–Kier alpha value is -1.34. The van der Waals surface area contributed by atoms with E-state index in [2.05, 4.69) is 25.1 Å². The van der Waals surface area contributed by atoms with Crippen LogP contribution in [0.1, 0.15) is 75.3 Å². The first-order valence-corrected chi connectivity index (χ1v) is 15.6. The van der Waals surface area contributed by atoms with Crippen molar-refractivity contribution in [2.75, 3.05) is 44.2 Å². The van der Waals surface area contributed by atoms with Crippen LogP contribution in [-0.4, -0.2) is 54.4 Å². The highest BCUT2D eigenvalue weighted by atomic mass is 32.2. The molecule has 2 aromatic carbocycles. The largest absolute Gasteiger partial charge is 0.508 e. The third kappa shape index (κ3) is 8.90. The zero-order valence-electron chi connectivity index (χ0n) is 22.0. The summed E-state index contributed by atoms with van der Waals surface area (Å²) in [6, 6.07) is 13.7. The number of rotatable bonds is 17. The Morgan fingerprint density at radius 2 is 1.56 bits per heavy atom. The van der Waals surface area contributed by atoms with Crippen molar-refractivity contribution < 1.29 is 19.7 Å². The third-order valence-corrected chi connectivity index (χ3v) is 9.72. The van der Waals surface area contributed by atoms with Crippen LogP contribution in [0.15, 0.2) is 47.4 Å². The summed E-state index contributed by atoms with van der Waals surface area (Å²) < 4.78 is 10.5. The number of hydrogen-bond donors (Lipinski definition) is 2. The van der Waals surface area contributed by atoms with E-state index in [4.69, 9.17) is 9.47 Å². The second-order valence-electron chi connectivity index (χ2n) is 10.0. The molecular weight excluding hydrogens is 488 g/mol. The van der Waals surface area contributed by atoms with Gasteiger partial charge in [0.15, 0.2) is 0 Å². The van der Waals surface area contributed by atoms with Crippen molar-refractivity contribution >= 4 is 23.5 Å². The summed E-state index contributed by atoms with van der Waals surface area (Å²) in [7, 11) is 1.70. The predicted octanol–water partition coefficient (Wildman–Crippen LogP) is 7.76. The minimum absolute atomic E-state index is 0.00875. The number of phenolic OH excluding ortho intramolecular Hbond substituents is 2. The van der Waals surface area contributed by atoms with Gasteiger partial charge in [0, 0.05) is 28.9 Å². The number of thioether (sulfide) groups is 2. The lowest BCUT2D eigenvalue weighted by Gasteiger charge is -2.43.